The molecule has 0 spiro atoms. The van der Waals surface area contributed by atoms with E-state index in [4.69, 9.17) is 18.9 Å². The highest BCUT2D eigenvalue weighted by Crippen LogP contribution is 2.26. The van der Waals surface area contributed by atoms with Gasteiger partial charge in [-0.1, -0.05) is 0 Å². The van der Waals surface area contributed by atoms with E-state index in [1.807, 2.05) is 0 Å². The van der Waals surface area contributed by atoms with Crippen LogP contribution in [0.15, 0.2) is 0 Å². The Balaban J connectivity index is 1.97. The molecule has 0 aromatic rings. The number of rotatable bonds is 2. The Bertz CT molecular complexity index is 280. The summed E-state index contributed by atoms with van der Waals surface area (Å²) in [7, 11) is 0. The van der Waals surface area contributed by atoms with Gasteiger partial charge in [0.15, 0.2) is 6.29 Å². The van der Waals surface area contributed by atoms with Gasteiger partial charge in [0, 0.05) is 6.92 Å². The molecule has 7 nitrogen and oxygen atoms in total. The Morgan fingerprint density at radius 2 is 2.00 bits per heavy atom. The highest BCUT2D eigenvalue weighted by Gasteiger charge is 2.47. The average Bonchev–Trinajstić information content (AvgIpc) is 2.32. The van der Waals surface area contributed by atoms with Gasteiger partial charge >= 0.3 is 5.97 Å². The maximum absolute atomic E-state index is 10.7. The highest BCUT2D eigenvalue weighted by atomic mass is 16.7. The van der Waals surface area contributed by atoms with Crippen LogP contribution in [-0.2, 0) is 23.7 Å². The van der Waals surface area contributed by atoms with Crippen LogP contribution in [-0.4, -0.2) is 66.7 Å². The van der Waals surface area contributed by atoms with Crippen LogP contribution in [0.2, 0.25) is 0 Å². The first-order valence-corrected chi connectivity index (χ1v) is 5.48. The number of carbonyl (C=O) groups excluding carboxylic acids is 1. The fraction of sp³-hybridized carbons (Fsp3) is 0.900. The smallest absolute Gasteiger partial charge is 0.302 e. The Morgan fingerprint density at radius 3 is 2.71 bits per heavy atom. The third-order valence-corrected chi connectivity index (χ3v) is 2.77. The number of aliphatic hydroxyl groups is 2. The van der Waals surface area contributed by atoms with Crippen LogP contribution < -0.4 is 0 Å². The van der Waals surface area contributed by atoms with Gasteiger partial charge in [0.2, 0.25) is 0 Å². The lowest BCUT2D eigenvalue weighted by atomic mass is 9.99. The average molecular weight is 248 g/mol. The maximum Gasteiger partial charge on any atom is 0.302 e. The second-order valence-corrected chi connectivity index (χ2v) is 4.03. The van der Waals surface area contributed by atoms with Crippen molar-refractivity contribution in [3.8, 4) is 0 Å². The summed E-state index contributed by atoms with van der Waals surface area (Å²) < 4.78 is 20.7. The predicted octanol–water partition coefficient (Wildman–Crippen LogP) is -1.59. The van der Waals surface area contributed by atoms with Crippen molar-refractivity contribution in [2.75, 3.05) is 19.8 Å². The Labute approximate surface area is 98.2 Å². The molecule has 2 fully saturated rings. The first-order chi connectivity index (χ1) is 8.09. The lowest BCUT2D eigenvalue weighted by Crippen LogP contribution is -2.62. The number of aliphatic hydroxyl groups excluding tert-OH is 2. The monoisotopic (exact) mass is 248 g/mol. The predicted molar refractivity (Wildman–Crippen MR) is 53.0 cm³/mol. The lowest BCUT2D eigenvalue weighted by Gasteiger charge is -2.43. The molecule has 2 aliphatic heterocycles. The summed E-state index contributed by atoms with van der Waals surface area (Å²) in [4.78, 5) is 10.7. The van der Waals surface area contributed by atoms with E-state index in [9.17, 15) is 15.0 Å². The minimum Gasteiger partial charge on any atom is -0.463 e. The van der Waals surface area contributed by atoms with Crippen molar-refractivity contribution in [1.82, 2.24) is 0 Å². The summed E-state index contributed by atoms with van der Waals surface area (Å²) in [6.07, 6.45) is -4.53. The SMILES string of the molecule is CC(=O)OC[C@H]1O[C@H]2OCCO[C@@H]2[C@@H](O)[C@@H]1O. The molecule has 0 saturated carbocycles. The topological polar surface area (TPSA) is 94.5 Å². The van der Waals surface area contributed by atoms with Crippen LogP contribution in [0.1, 0.15) is 6.92 Å². The van der Waals surface area contributed by atoms with Gasteiger partial charge in [-0.2, -0.15) is 0 Å². The molecule has 0 aromatic carbocycles. The highest BCUT2D eigenvalue weighted by molar-refractivity contribution is 5.65. The summed E-state index contributed by atoms with van der Waals surface area (Å²) in [5.41, 5.74) is 0. The van der Waals surface area contributed by atoms with E-state index in [2.05, 4.69) is 0 Å². The van der Waals surface area contributed by atoms with Gasteiger partial charge in [0.05, 0.1) is 13.2 Å². The molecule has 7 heteroatoms. The van der Waals surface area contributed by atoms with Gasteiger partial charge in [-0.15, -0.1) is 0 Å². The summed E-state index contributed by atoms with van der Waals surface area (Å²) in [6, 6.07) is 0. The fourth-order valence-corrected chi connectivity index (χ4v) is 1.90. The molecule has 2 rings (SSSR count). The number of esters is 1. The largest absolute Gasteiger partial charge is 0.463 e. The van der Waals surface area contributed by atoms with E-state index < -0.39 is 36.7 Å². The van der Waals surface area contributed by atoms with Gasteiger partial charge < -0.3 is 29.2 Å². The Hall–Kier alpha value is -0.730. The van der Waals surface area contributed by atoms with Crippen molar-refractivity contribution in [3.05, 3.63) is 0 Å². The van der Waals surface area contributed by atoms with E-state index >= 15 is 0 Å². The van der Waals surface area contributed by atoms with Crippen LogP contribution in [0.25, 0.3) is 0 Å². The maximum atomic E-state index is 10.7. The minimum absolute atomic E-state index is 0.125. The first-order valence-electron chi connectivity index (χ1n) is 5.48. The zero-order valence-electron chi connectivity index (χ0n) is 9.44. The molecule has 0 aromatic heterocycles. The minimum atomic E-state index is -1.17. The molecule has 17 heavy (non-hydrogen) atoms. The third-order valence-electron chi connectivity index (χ3n) is 2.77. The van der Waals surface area contributed by atoms with Gasteiger partial charge in [0.1, 0.15) is 31.0 Å². The molecule has 5 atom stereocenters. The van der Waals surface area contributed by atoms with Crippen LogP contribution in [0.4, 0.5) is 0 Å². The van der Waals surface area contributed by atoms with Crippen molar-refractivity contribution in [2.45, 2.75) is 37.6 Å². The molecule has 2 aliphatic rings. The fourth-order valence-electron chi connectivity index (χ4n) is 1.90. The van der Waals surface area contributed by atoms with Gasteiger partial charge in [0.25, 0.3) is 0 Å². The van der Waals surface area contributed by atoms with Crippen LogP contribution >= 0.6 is 0 Å². The van der Waals surface area contributed by atoms with Crippen LogP contribution in [0.3, 0.4) is 0 Å². The molecular formula is C10H16O7. The van der Waals surface area contributed by atoms with Crippen molar-refractivity contribution in [2.24, 2.45) is 0 Å². The van der Waals surface area contributed by atoms with Crippen LogP contribution in [0, 0.1) is 0 Å². The second kappa shape index (κ2) is 5.28. The summed E-state index contributed by atoms with van der Waals surface area (Å²) >= 11 is 0. The Morgan fingerprint density at radius 1 is 1.29 bits per heavy atom. The molecule has 0 amide bonds. The van der Waals surface area contributed by atoms with Crippen molar-refractivity contribution >= 4 is 5.97 Å². The zero-order valence-corrected chi connectivity index (χ0v) is 9.44. The van der Waals surface area contributed by atoms with Crippen molar-refractivity contribution in [3.63, 3.8) is 0 Å². The number of fused-ring (bicyclic) bond motifs is 1. The number of hydrogen-bond acceptors (Lipinski definition) is 7. The van der Waals surface area contributed by atoms with Gasteiger partial charge in [-0.3, -0.25) is 4.79 Å². The molecule has 0 bridgehead atoms. The Kier molecular flexibility index (Phi) is 3.95. The standard InChI is InChI=1S/C10H16O7/c1-5(11)16-4-6-7(12)8(13)9-10(17-6)15-3-2-14-9/h6-10,12-13H,2-4H2,1H3/t6-,7-,8+,9-,10-/m1/s1. The number of ether oxygens (including phenoxy) is 4. The normalized spacial score (nSPS) is 41.7. The number of hydrogen-bond donors (Lipinski definition) is 2. The van der Waals surface area contributed by atoms with E-state index in [0.29, 0.717) is 13.2 Å². The summed E-state index contributed by atoms with van der Waals surface area (Å²) in [6.45, 7) is 1.85. The van der Waals surface area contributed by atoms with E-state index in [-0.39, 0.29) is 6.61 Å². The van der Waals surface area contributed by atoms with Gasteiger partial charge in [-0.05, 0) is 0 Å². The molecule has 2 saturated heterocycles. The van der Waals surface area contributed by atoms with E-state index in [0.717, 1.165) is 0 Å². The summed E-state index contributed by atoms with van der Waals surface area (Å²) in [5, 5.41) is 19.6. The third kappa shape index (κ3) is 2.75. The lowest BCUT2D eigenvalue weighted by molar-refractivity contribution is -0.334. The van der Waals surface area contributed by atoms with E-state index in [1.165, 1.54) is 6.92 Å². The molecule has 98 valence electrons. The molecule has 0 aliphatic carbocycles. The zero-order chi connectivity index (χ0) is 12.4. The van der Waals surface area contributed by atoms with Crippen molar-refractivity contribution < 1.29 is 34.0 Å². The molecule has 2 heterocycles. The van der Waals surface area contributed by atoms with Gasteiger partial charge in [-0.25, -0.2) is 0 Å². The molecule has 0 unspecified atom stereocenters. The summed E-state index contributed by atoms with van der Waals surface area (Å²) in [5.74, 6) is -0.474. The quantitative estimate of drug-likeness (QED) is 0.569. The van der Waals surface area contributed by atoms with Crippen molar-refractivity contribution in [1.29, 1.82) is 0 Å². The molecule has 0 radical (unpaired) electrons. The van der Waals surface area contributed by atoms with Crippen LogP contribution in [0.5, 0.6) is 0 Å². The second-order valence-electron chi connectivity index (χ2n) is 4.03. The first kappa shape index (κ1) is 12.7. The number of carbonyl (C=O) groups is 1. The van der Waals surface area contributed by atoms with E-state index in [1.54, 1.807) is 0 Å². The molecular weight excluding hydrogens is 232 g/mol. The molecule has 2 N–H and O–H groups in total.